The SMILES string of the molecule is [O-][NH+](Oc1ccccc1)Oc1ccc(O[NH+]([O-])Oc2ccccc2)cc1. The molecule has 2 unspecified atom stereocenters. The van der Waals surface area contributed by atoms with E-state index in [2.05, 4.69) is 0 Å². The van der Waals surface area contributed by atoms with Crippen LogP contribution in [0.4, 0.5) is 0 Å². The molecule has 3 aromatic carbocycles. The molecular formula is C18H16N2O6. The van der Waals surface area contributed by atoms with Gasteiger partial charge in [-0.2, -0.15) is 0 Å². The highest BCUT2D eigenvalue weighted by molar-refractivity contribution is 5.30. The van der Waals surface area contributed by atoms with E-state index in [0.717, 1.165) is 0 Å². The minimum Gasteiger partial charge on any atom is -0.547 e. The molecule has 3 rings (SSSR count). The quantitative estimate of drug-likeness (QED) is 0.586. The van der Waals surface area contributed by atoms with Crippen molar-refractivity contribution in [2.24, 2.45) is 0 Å². The van der Waals surface area contributed by atoms with Gasteiger partial charge in [0.25, 0.3) is 0 Å². The molecule has 26 heavy (non-hydrogen) atoms. The maximum absolute atomic E-state index is 11.7. The van der Waals surface area contributed by atoms with E-state index in [-0.39, 0.29) is 11.5 Å². The minimum atomic E-state index is -0.867. The van der Waals surface area contributed by atoms with Gasteiger partial charge in [0.2, 0.25) is 0 Å². The van der Waals surface area contributed by atoms with Crippen LogP contribution in [0, 0.1) is 10.4 Å². The van der Waals surface area contributed by atoms with E-state index in [4.69, 9.17) is 19.4 Å². The molecule has 0 aliphatic carbocycles. The van der Waals surface area contributed by atoms with Crippen LogP contribution in [-0.4, -0.2) is 0 Å². The fourth-order valence-corrected chi connectivity index (χ4v) is 1.98. The van der Waals surface area contributed by atoms with Gasteiger partial charge < -0.3 is 10.4 Å². The van der Waals surface area contributed by atoms with Crippen LogP contribution >= 0.6 is 0 Å². The van der Waals surface area contributed by atoms with E-state index in [1.54, 1.807) is 60.7 Å². The standard InChI is InChI=1S/C18H16N2O6/c21-19(23-15-7-3-1-4-8-15)25-17-11-13-18(14-12-17)26-20(22)24-16-9-5-2-6-10-16/h1-14,19-20H. The number of quaternary nitrogens is 2. The van der Waals surface area contributed by atoms with Crippen LogP contribution in [0.5, 0.6) is 23.0 Å². The number of rotatable bonds is 8. The van der Waals surface area contributed by atoms with Crippen LogP contribution in [0.15, 0.2) is 84.9 Å². The number of benzene rings is 3. The predicted octanol–water partition coefficient (Wildman–Crippen LogP) is 1.03. The summed E-state index contributed by atoms with van der Waals surface area (Å²) in [7, 11) is 0. The van der Waals surface area contributed by atoms with Crippen molar-refractivity contribution >= 4 is 0 Å². The van der Waals surface area contributed by atoms with Crippen molar-refractivity contribution in [2.75, 3.05) is 0 Å². The molecule has 134 valence electrons. The fourth-order valence-electron chi connectivity index (χ4n) is 1.98. The molecule has 0 aliphatic heterocycles. The van der Waals surface area contributed by atoms with Crippen LogP contribution in [-0.2, 0) is 0 Å². The van der Waals surface area contributed by atoms with Crippen LogP contribution < -0.4 is 30.1 Å². The Bertz CT molecular complexity index is 717. The Morgan fingerprint density at radius 2 is 0.692 bits per heavy atom. The monoisotopic (exact) mass is 356 g/mol. The second-order valence-electron chi connectivity index (χ2n) is 5.01. The third-order valence-electron chi connectivity index (χ3n) is 3.11. The van der Waals surface area contributed by atoms with Crippen LogP contribution in [0.25, 0.3) is 0 Å². The van der Waals surface area contributed by atoms with Crippen molar-refractivity contribution < 1.29 is 30.1 Å². The van der Waals surface area contributed by atoms with Crippen molar-refractivity contribution in [3.63, 3.8) is 0 Å². The normalized spacial score (nSPS) is 12.7. The van der Waals surface area contributed by atoms with Crippen molar-refractivity contribution in [1.82, 2.24) is 0 Å². The summed E-state index contributed by atoms with van der Waals surface area (Å²) in [5, 5.41) is 21.7. The van der Waals surface area contributed by atoms with Crippen molar-refractivity contribution in [2.45, 2.75) is 0 Å². The van der Waals surface area contributed by atoms with Gasteiger partial charge in [-0.15, -0.1) is 0 Å². The molecule has 0 heterocycles. The summed E-state index contributed by atoms with van der Waals surface area (Å²) in [5.74, 6) is 1.24. The molecule has 8 heteroatoms. The third kappa shape index (κ3) is 5.36. The molecule has 0 spiro atoms. The molecule has 8 nitrogen and oxygen atoms in total. The Balaban J connectivity index is 1.50. The molecule has 3 aromatic rings. The highest BCUT2D eigenvalue weighted by Crippen LogP contribution is 2.15. The first-order chi connectivity index (χ1) is 12.7. The largest absolute Gasteiger partial charge is 0.547 e. The van der Waals surface area contributed by atoms with E-state index in [9.17, 15) is 10.4 Å². The van der Waals surface area contributed by atoms with E-state index < -0.39 is 10.8 Å². The zero-order valence-electron chi connectivity index (χ0n) is 13.5. The highest BCUT2D eigenvalue weighted by Gasteiger charge is 2.07. The van der Waals surface area contributed by atoms with Gasteiger partial charge in [-0.05, 0) is 48.5 Å². The molecule has 0 aromatic heterocycles. The molecule has 0 radical (unpaired) electrons. The van der Waals surface area contributed by atoms with E-state index in [1.165, 1.54) is 24.3 Å². The smallest absolute Gasteiger partial charge is 0.196 e. The Labute approximate surface area is 149 Å². The van der Waals surface area contributed by atoms with Gasteiger partial charge in [0.15, 0.2) is 23.0 Å². The summed E-state index contributed by atoms with van der Waals surface area (Å²) in [6.07, 6.45) is 0. The second kappa shape index (κ2) is 8.70. The number of para-hydroxylation sites is 2. The predicted molar refractivity (Wildman–Crippen MR) is 90.5 cm³/mol. The van der Waals surface area contributed by atoms with Gasteiger partial charge in [-0.1, -0.05) is 36.4 Å². The number of hydrogen-bond acceptors (Lipinski definition) is 6. The Kier molecular flexibility index (Phi) is 5.86. The van der Waals surface area contributed by atoms with Gasteiger partial charge in [-0.3, -0.25) is 19.4 Å². The average molecular weight is 356 g/mol. The molecule has 0 bridgehead atoms. The van der Waals surface area contributed by atoms with Crippen molar-refractivity contribution in [3.8, 4) is 23.0 Å². The van der Waals surface area contributed by atoms with Gasteiger partial charge in [-0.25, -0.2) is 0 Å². The summed E-state index contributed by atoms with van der Waals surface area (Å²) in [4.78, 5) is 20.1. The number of hydrogen-bond donors (Lipinski definition) is 2. The molecule has 2 N–H and O–H groups in total. The summed E-state index contributed by atoms with van der Waals surface area (Å²) < 4.78 is 0. The Hall–Kier alpha value is -3.30. The highest BCUT2D eigenvalue weighted by atomic mass is 17.1. The van der Waals surface area contributed by atoms with Gasteiger partial charge in [0, 0.05) is 10.8 Å². The first-order valence-corrected chi connectivity index (χ1v) is 7.68. The summed E-state index contributed by atoms with van der Waals surface area (Å²) in [5.41, 5.74) is 0. The Morgan fingerprint density at radius 1 is 0.423 bits per heavy atom. The second-order valence-corrected chi connectivity index (χ2v) is 5.01. The Morgan fingerprint density at radius 3 is 1.00 bits per heavy atom. The zero-order chi connectivity index (χ0) is 18.2. The average Bonchev–Trinajstić information content (AvgIpc) is 2.65. The van der Waals surface area contributed by atoms with E-state index in [0.29, 0.717) is 11.5 Å². The van der Waals surface area contributed by atoms with Gasteiger partial charge in [0.1, 0.15) is 0 Å². The van der Waals surface area contributed by atoms with Crippen LogP contribution in [0.2, 0.25) is 0 Å². The van der Waals surface area contributed by atoms with E-state index >= 15 is 0 Å². The third-order valence-corrected chi connectivity index (χ3v) is 3.11. The molecule has 0 fully saturated rings. The zero-order valence-corrected chi connectivity index (χ0v) is 13.5. The lowest BCUT2D eigenvalue weighted by atomic mass is 10.3. The lowest BCUT2D eigenvalue weighted by Gasteiger charge is -2.19. The van der Waals surface area contributed by atoms with Crippen molar-refractivity contribution in [3.05, 3.63) is 95.3 Å². The summed E-state index contributed by atoms with van der Waals surface area (Å²) in [6.45, 7) is 0. The van der Waals surface area contributed by atoms with Gasteiger partial charge in [0.05, 0.1) is 0 Å². The van der Waals surface area contributed by atoms with Crippen molar-refractivity contribution in [1.29, 1.82) is 0 Å². The lowest BCUT2D eigenvalue weighted by Crippen LogP contribution is -3.11. The molecule has 0 aliphatic rings. The molecule has 0 saturated heterocycles. The first-order valence-electron chi connectivity index (χ1n) is 7.68. The maximum atomic E-state index is 11.7. The molecule has 0 saturated carbocycles. The molecular weight excluding hydrogens is 340 g/mol. The maximum Gasteiger partial charge on any atom is 0.196 e. The summed E-state index contributed by atoms with van der Waals surface area (Å²) >= 11 is 0. The lowest BCUT2D eigenvalue weighted by molar-refractivity contribution is -1.16. The van der Waals surface area contributed by atoms with E-state index in [1.807, 2.05) is 0 Å². The van der Waals surface area contributed by atoms with Crippen LogP contribution in [0.1, 0.15) is 0 Å². The molecule has 0 amide bonds. The van der Waals surface area contributed by atoms with Crippen LogP contribution in [0.3, 0.4) is 0 Å². The summed E-state index contributed by atoms with van der Waals surface area (Å²) in [6, 6.07) is 23.0. The topological polar surface area (TPSA) is 91.9 Å². The first kappa shape index (κ1) is 17.5. The fraction of sp³-hybridized carbons (Fsp3) is 0. The minimum absolute atomic E-state index is 0.245. The molecule has 2 atom stereocenters. The number of nitrogens with one attached hydrogen (secondary N) is 2. The van der Waals surface area contributed by atoms with Gasteiger partial charge >= 0.3 is 0 Å².